The van der Waals surface area contributed by atoms with Gasteiger partial charge in [0, 0.05) is 64.3 Å². The highest BCUT2D eigenvalue weighted by Gasteiger charge is 2.34. The number of nitrogens with two attached hydrogens (primary N) is 1. The van der Waals surface area contributed by atoms with Gasteiger partial charge in [0.1, 0.15) is 11.6 Å². The highest BCUT2D eigenvalue weighted by atomic mass is 35.5. The minimum atomic E-state index is 0.240. The van der Waals surface area contributed by atoms with Crippen LogP contribution < -0.4 is 21.3 Å². The summed E-state index contributed by atoms with van der Waals surface area (Å²) in [5, 5.41) is 25.3. The first-order valence-corrected chi connectivity index (χ1v) is 15.9. The topological polar surface area (TPSA) is 159 Å². The summed E-state index contributed by atoms with van der Waals surface area (Å²) in [6, 6.07) is 6.68. The second-order valence-electron chi connectivity index (χ2n) is 10.9. The zero-order chi connectivity index (χ0) is 33.8. The van der Waals surface area contributed by atoms with Gasteiger partial charge in [-0.15, -0.1) is 13.2 Å². The summed E-state index contributed by atoms with van der Waals surface area (Å²) in [5.74, 6) is 1.41. The van der Waals surface area contributed by atoms with Gasteiger partial charge < -0.3 is 26.4 Å². The molecule has 1 aromatic heterocycles. The Labute approximate surface area is 274 Å². The second kappa shape index (κ2) is 22.2. The van der Waals surface area contributed by atoms with Crippen LogP contribution in [0.3, 0.4) is 0 Å². The molecule has 13 heteroatoms. The van der Waals surface area contributed by atoms with Crippen LogP contribution in [0.15, 0.2) is 36.5 Å². The normalized spacial score (nSPS) is 17.1. The van der Waals surface area contributed by atoms with Gasteiger partial charge in [-0.3, -0.25) is 9.80 Å². The van der Waals surface area contributed by atoms with Crippen molar-refractivity contribution in [2.45, 2.75) is 58.2 Å². The first kappa shape index (κ1) is 39.7. The van der Waals surface area contributed by atoms with E-state index in [1.807, 2.05) is 26.2 Å². The molecule has 2 saturated heterocycles. The number of hydrogen-bond donors (Lipinski definition) is 4. The summed E-state index contributed by atoms with van der Waals surface area (Å²) in [7, 11) is 3.75. The number of halogens is 1. The number of phenolic OH excluding ortho intramolecular Hbond substituents is 1. The van der Waals surface area contributed by atoms with Gasteiger partial charge in [0.25, 0.3) is 0 Å². The Balaban J connectivity index is 0.00000134. The molecular formula is C32H53ClN10O2. The highest BCUT2D eigenvalue weighted by molar-refractivity contribution is 6.31. The van der Waals surface area contributed by atoms with Gasteiger partial charge in [0.05, 0.1) is 12.2 Å². The molecule has 2 fully saturated rings. The maximum atomic E-state index is 10.2. The Morgan fingerprint density at radius 2 is 1.82 bits per heavy atom. The van der Waals surface area contributed by atoms with E-state index >= 15 is 0 Å². The van der Waals surface area contributed by atoms with Gasteiger partial charge in [0.15, 0.2) is 11.0 Å². The largest absolute Gasteiger partial charge is 0.508 e. The lowest BCUT2D eigenvalue weighted by Crippen LogP contribution is -2.58. The van der Waals surface area contributed by atoms with E-state index in [1.165, 1.54) is 5.56 Å². The summed E-state index contributed by atoms with van der Waals surface area (Å²) in [5.41, 5.74) is 9.36. The molecule has 2 aliphatic rings. The summed E-state index contributed by atoms with van der Waals surface area (Å²) >= 11 is 6.59. The van der Waals surface area contributed by atoms with Crippen molar-refractivity contribution in [3.8, 4) is 12.3 Å². The predicted molar refractivity (Wildman–Crippen MR) is 186 cm³/mol. The zero-order valence-corrected chi connectivity index (χ0v) is 28.3. The molecule has 2 aliphatic heterocycles. The van der Waals surface area contributed by atoms with E-state index in [4.69, 9.17) is 22.6 Å². The van der Waals surface area contributed by atoms with E-state index in [-0.39, 0.29) is 6.54 Å². The van der Waals surface area contributed by atoms with E-state index in [1.54, 1.807) is 6.07 Å². The Morgan fingerprint density at radius 3 is 2.42 bits per heavy atom. The first-order valence-electron chi connectivity index (χ1n) is 15.5. The van der Waals surface area contributed by atoms with E-state index < -0.39 is 0 Å². The van der Waals surface area contributed by atoms with Crippen molar-refractivity contribution in [3.05, 3.63) is 58.2 Å². The molecule has 45 heavy (non-hydrogen) atoms. The lowest BCUT2D eigenvalue weighted by molar-refractivity contribution is 0.0610. The molecule has 0 spiro atoms. The average molecular weight is 645 g/mol. The molecule has 5 N–H and O–H groups in total. The number of nitrogens with zero attached hydrogens (tertiary/aromatic N) is 7. The average Bonchev–Trinajstić information content (AvgIpc) is 3.06. The van der Waals surface area contributed by atoms with Gasteiger partial charge in [0.2, 0.25) is 0 Å². The minimum Gasteiger partial charge on any atom is -0.508 e. The maximum absolute atomic E-state index is 10.2. The number of phenols is 1. The molecule has 0 saturated carbocycles. The number of nitrogens with one attached hydrogen (secondary N) is 2. The number of piperidine rings is 1. The molecule has 0 amide bonds. The fourth-order valence-corrected chi connectivity index (χ4v) is 5.97. The molecule has 0 aliphatic carbocycles. The maximum Gasteiger partial charge on any atom is 0.172 e. The molecule has 4 rings (SSSR count). The summed E-state index contributed by atoms with van der Waals surface area (Å²) in [4.78, 5) is 26.9. The number of anilines is 2. The van der Waals surface area contributed by atoms with Gasteiger partial charge >= 0.3 is 0 Å². The molecule has 1 atom stereocenters. The molecule has 0 radical (unpaired) electrons. The second-order valence-corrected chi connectivity index (χ2v) is 11.2. The van der Waals surface area contributed by atoms with Crippen molar-refractivity contribution in [1.82, 2.24) is 30.4 Å². The monoisotopic (exact) mass is 644 g/mol. The Hall–Kier alpha value is -3.34. The van der Waals surface area contributed by atoms with Crippen molar-refractivity contribution in [2.24, 2.45) is 5.18 Å². The minimum absolute atomic E-state index is 0.240. The fraction of sp³-hybridized carbons (Fsp3) is 0.594. The van der Waals surface area contributed by atoms with Crippen LogP contribution in [0.2, 0.25) is 5.15 Å². The van der Waals surface area contributed by atoms with Gasteiger partial charge in [-0.1, -0.05) is 29.8 Å². The number of likely N-dealkylation sites (tertiary alicyclic amines) is 1. The van der Waals surface area contributed by atoms with Gasteiger partial charge in [-0.2, -0.15) is 4.91 Å². The lowest BCUT2D eigenvalue weighted by Gasteiger charge is -2.47. The van der Waals surface area contributed by atoms with Crippen LogP contribution >= 0.6 is 11.6 Å². The Bertz CT molecular complexity index is 1160. The molecule has 0 bridgehead atoms. The molecule has 1 unspecified atom stereocenters. The van der Waals surface area contributed by atoms with Gasteiger partial charge in [-0.05, 0) is 76.6 Å². The number of aromatic nitrogens is 2. The van der Waals surface area contributed by atoms with Crippen LogP contribution in [0.4, 0.5) is 11.6 Å². The number of nitrogen functional groups attached to an aromatic ring is 1. The van der Waals surface area contributed by atoms with Crippen molar-refractivity contribution >= 4 is 23.2 Å². The number of rotatable bonds is 11. The van der Waals surface area contributed by atoms with Crippen LogP contribution in [-0.2, 0) is 13.0 Å². The van der Waals surface area contributed by atoms with Crippen LogP contribution in [-0.4, -0.2) is 103 Å². The van der Waals surface area contributed by atoms with Gasteiger partial charge in [-0.25, -0.2) is 15.2 Å². The quantitative estimate of drug-likeness (QED) is 0.159. The molecule has 2 aromatic rings. The summed E-state index contributed by atoms with van der Waals surface area (Å²) in [6.07, 6.45) is 3.97. The smallest absolute Gasteiger partial charge is 0.172 e. The van der Waals surface area contributed by atoms with Crippen molar-refractivity contribution in [3.63, 3.8) is 0 Å². The number of hydrogen-bond acceptors (Lipinski definition) is 12. The number of piperazine rings is 1. The third kappa shape index (κ3) is 12.5. The SMILES string of the molecule is C#N.C=C.CCC1CN(c2nc(N)c(CCNCCN=O)nc2Cl)CCN1C1CCN(Cc2ccc(O)cc2C)CC1.CNC. The first-order chi connectivity index (χ1) is 21.8. The van der Waals surface area contributed by atoms with E-state index in [0.29, 0.717) is 59.8 Å². The standard InChI is InChI=1S/C27H41ClN8O2.C2H7N.C2H4.CHN/c1-3-21-18-35(27-25(28)32-24(26(29)33-27)6-9-30-10-11-31-38)14-15-36(21)22-7-12-34(13-8-22)17-20-4-5-23(37)16-19(20)2;1-3-2;2*1-2/h4-5,16,21-22,30,37H,3,6-15,17-18H2,1-2H3,(H2,29,33);3H,1-2H3;1-2H2;1H. The summed E-state index contributed by atoms with van der Waals surface area (Å²) < 4.78 is 0. The van der Waals surface area contributed by atoms with E-state index in [2.05, 4.69) is 74.1 Å². The predicted octanol–water partition coefficient (Wildman–Crippen LogP) is 3.97. The Morgan fingerprint density at radius 1 is 1.16 bits per heavy atom. The number of nitriles is 1. The number of aromatic hydroxyl groups is 1. The Kier molecular flexibility index (Phi) is 19.6. The van der Waals surface area contributed by atoms with E-state index in [0.717, 1.165) is 64.1 Å². The van der Waals surface area contributed by atoms with Crippen LogP contribution in [0.5, 0.6) is 5.75 Å². The highest BCUT2D eigenvalue weighted by Crippen LogP contribution is 2.30. The molecule has 250 valence electrons. The van der Waals surface area contributed by atoms with Crippen LogP contribution in [0, 0.1) is 23.7 Å². The number of benzene rings is 1. The van der Waals surface area contributed by atoms with Crippen LogP contribution in [0.25, 0.3) is 0 Å². The number of aryl methyl sites for hydroxylation is 1. The molecule has 1 aromatic carbocycles. The molecule has 3 heterocycles. The van der Waals surface area contributed by atoms with Crippen molar-refractivity contribution in [2.75, 3.05) is 77.1 Å². The summed E-state index contributed by atoms with van der Waals surface area (Å²) in [6.45, 7) is 21.0. The van der Waals surface area contributed by atoms with Crippen LogP contribution in [0.1, 0.15) is 43.0 Å². The van der Waals surface area contributed by atoms with Crippen molar-refractivity contribution in [1.29, 1.82) is 5.26 Å². The molecule has 12 nitrogen and oxygen atoms in total. The number of nitroso groups, excluding NO2 is 1. The lowest BCUT2D eigenvalue weighted by atomic mass is 9.97. The van der Waals surface area contributed by atoms with E-state index in [9.17, 15) is 10.0 Å². The molecular weight excluding hydrogens is 592 g/mol. The third-order valence-corrected chi connectivity index (χ3v) is 8.16. The zero-order valence-electron chi connectivity index (χ0n) is 27.5. The fourth-order valence-electron chi connectivity index (χ4n) is 5.71. The third-order valence-electron chi connectivity index (χ3n) is 7.90. The van der Waals surface area contributed by atoms with Crippen molar-refractivity contribution < 1.29 is 5.11 Å².